The van der Waals surface area contributed by atoms with Crippen LogP contribution in [0.15, 0.2) is 47.4 Å². The number of nitrogens with one attached hydrogen (secondary N) is 1. The van der Waals surface area contributed by atoms with Gasteiger partial charge >= 0.3 is 0 Å². The Hall–Kier alpha value is -2.81. The molecule has 146 valence electrons. The van der Waals surface area contributed by atoms with E-state index in [9.17, 15) is 17.2 Å². The van der Waals surface area contributed by atoms with Crippen molar-refractivity contribution in [3.05, 3.63) is 59.9 Å². The molecule has 28 heavy (non-hydrogen) atoms. The van der Waals surface area contributed by atoms with Gasteiger partial charge in [-0.1, -0.05) is 18.6 Å². The van der Waals surface area contributed by atoms with E-state index in [0.29, 0.717) is 23.1 Å². The van der Waals surface area contributed by atoms with E-state index in [0.717, 1.165) is 50.2 Å². The minimum absolute atomic E-state index is 0.298. The zero-order chi connectivity index (χ0) is 19.7. The summed E-state index contributed by atoms with van der Waals surface area (Å²) < 4.78 is 56.5. The van der Waals surface area contributed by atoms with Crippen molar-refractivity contribution < 1.29 is 17.2 Å². The van der Waals surface area contributed by atoms with Crippen LogP contribution in [0.1, 0.15) is 25.1 Å². The first kappa shape index (κ1) is 18.5. The molecule has 3 aromatic rings. The summed E-state index contributed by atoms with van der Waals surface area (Å²) in [5, 5.41) is 8.52. The highest BCUT2D eigenvalue weighted by atomic mass is 32.2. The van der Waals surface area contributed by atoms with Gasteiger partial charge in [0.15, 0.2) is 17.5 Å². The van der Waals surface area contributed by atoms with E-state index in [-0.39, 0.29) is 4.90 Å². The Balaban J connectivity index is 1.73. The van der Waals surface area contributed by atoms with Gasteiger partial charge in [-0.3, -0.25) is 4.72 Å². The molecule has 2 heterocycles. The molecule has 0 fully saturated rings. The molecular weight excluding hydrogens is 386 g/mol. The Bertz CT molecular complexity index is 1130. The quantitative estimate of drug-likeness (QED) is 0.719. The number of hydrogen-bond acceptors (Lipinski definition) is 4. The molecule has 0 atom stereocenters. The van der Waals surface area contributed by atoms with Crippen LogP contribution in [0.3, 0.4) is 0 Å². The lowest BCUT2D eigenvalue weighted by Crippen LogP contribution is -2.14. The molecule has 0 saturated carbocycles. The smallest absolute Gasteiger partial charge is 0.262 e. The van der Waals surface area contributed by atoms with Gasteiger partial charge in [-0.05, 0) is 43.2 Å². The standard InChI is InChI=1S/C19H18F2N4O2S/c20-15-10-9-13(12-16(15)21)28(26,27)24-17-7-4-3-6-14(17)19-23-22-18-8-2-1-5-11-25(18)19/h3-4,6-7,9-10,12,24H,1-2,5,8,11H2. The lowest BCUT2D eigenvalue weighted by molar-refractivity contribution is 0.504. The third-order valence-electron chi connectivity index (χ3n) is 4.72. The Morgan fingerprint density at radius 3 is 2.61 bits per heavy atom. The number of fused-ring (bicyclic) bond motifs is 1. The van der Waals surface area contributed by atoms with Crippen molar-refractivity contribution in [2.45, 2.75) is 37.1 Å². The van der Waals surface area contributed by atoms with Crippen LogP contribution in [-0.4, -0.2) is 23.2 Å². The maximum absolute atomic E-state index is 13.5. The fourth-order valence-electron chi connectivity index (χ4n) is 3.30. The average Bonchev–Trinajstić information content (AvgIpc) is 2.92. The van der Waals surface area contributed by atoms with Crippen LogP contribution in [0.5, 0.6) is 0 Å². The van der Waals surface area contributed by atoms with Crippen LogP contribution in [0.25, 0.3) is 11.4 Å². The Morgan fingerprint density at radius 1 is 0.964 bits per heavy atom. The second-order valence-corrected chi connectivity index (χ2v) is 8.31. The van der Waals surface area contributed by atoms with Crippen molar-refractivity contribution in [2.24, 2.45) is 0 Å². The highest BCUT2D eigenvalue weighted by Gasteiger charge is 2.22. The number of hydrogen-bond donors (Lipinski definition) is 1. The van der Waals surface area contributed by atoms with Gasteiger partial charge in [0, 0.05) is 18.5 Å². The van der Waals surface area contributed by atoms with Gasteiger partial charge < -0.3 is 4.57 Å². The van der Waals surface area contributed by atoms with Gasteiger partial charge in [0.1, 0.15) is 5.82 Å². The minimum Gasteiger partial charge on any atom is -0.311 e. The monoisotopic (exact) mass is 404 g/mol. The summed E-state index contributed by atoms with van der Waals surface area (Å²) in [6, 6.07) is 9.29. The molecule has 0 amide bonds. The number of rotatable bonds is 4. The molecule has 2 aromatic carbocycles. The minimum atomic E-state index is -4.11. The van der Waals surface area contributed by atoms with E-state index in [1.54, 1.807) is 24.3 Å². The third kappa shape index (κ3) is 3.49. The maximum atomic E-state index is 13.5. The van der Waals surface area contributed by atoms with Crippen LogP contribution in [-0.2, 0) is 23.0 Å². The van der Waals surface area contributed by atoms with Gasteiger partial charge in [-0.15, -0.1) is 10.2 Å². The largest absolute Gasteiger partial charge is 0.311 e. The molecule has 9 heteroatoms. The molecule has 1 aliphatic rings. The van der Waals surface area contributed by atoms with E-state index < -0.39 is 21.7 Å². The molecule has 0 bridgehead atoms. The molecule has 0 radical (unpaired) electrons. The zero-order valence-corrected chi connectivity index (χ0v) is 15.7. The van der Waals surface area contributed by atoms with Crippen molar-refractivity contribution in [3.8, 4) is 11.4 Å². The Morgan fingerprint density at radius 2 is 1.79 bits per heavy atom. The van der Waals surface area contributed by atoms with E-state index in [4.69, 9.17) is 0 Å². The average molecular weight is 404 g/mol. The maximum Gasteiger partial charge on any atom is 0.262 e. The summed E-state index contributed by atoms with van der Waals surface area (Å²) >= 11 is 0. The van der Waals surface area contributed by atoms with Crippen molar-refractivity contribution >= 4 is 15.7 Å². The summed E-state index contributed by atoms with van der Waals surface area (Å²) in [4.78, 5) is -0.360. The normalized spacial score (nSPS) is 14.4. The van der Waals surface area contributed by atoms with Crippen LogP contribution in [0.4, 0.5) is 14.5 Å². The van der Waals surface area contributed by atoms with Gasteiger partial charge in [0.25, 0.3) is 10.0 Å². The number of halogens is 2. The first-order chi connectivity index (χ1) is 13.5. The summed E-state index contributed by atoms with van der Waals surface area (Å²) in [5.74, 6) is -0.865. The Kier molecular flexibility index (Phi) is 4.84. The molecular formula is C19H18F2N4O2S. The molecule has 0 unspecified atom stereocenters. The lowest BCUT2D eigenvalue weighted by Gasteiger charge is -2.14. The molecule has 0 aliphatic carbocycles. The Labute approximate surface area is 161 Å². The van der Waals surface area contributed by atoms with Gasteiger partial charge in [0.2, 0.25) is 0 Å². The van der Waals surface area contributed by atoms with Crippen LogP contribution in [0.2, 0.25) is 0 Å². The van der Waals surface area contributed by atoms with Gasteiger partial charge in [-0.25, -0.2) is 17.2 Å². The van der Waals surface area contributed by atoms with Gasteiger partial charge in [-0.2, -0.15) is 0 Å². The number of sulfonamides is 1. The van der Waals surface area contributed by atoms with Crippen LogP contribution >= 0.6 is 0 Å². The number of anilines is 1. The molecule has 1 aliphatic heterocycles. The predicted molar refractivity (Wildman–Crippen MR) is 100 cm³/mol. The van der Waals surface area contributed by atoms with Gasteiger partial charge in [0.05, 0.1) is 10.6 Å². The number of nitrogens with zero attached hydrogens (tertiary/aromatic N) is 3. The highest BCUT2D eigenvalue weighted by molar-refractivity contribution is 7.92. The molecule has 6 nitrogen and oxygen atoms in total. The number of benzene rings is 2. The van der Waals surface area contributed by atoms with Crippen LogP contribution < -0.4 is 4.72 Å². The lowest BCUT2D eigenvalue weighted by atomic mass is 10.1. The van der Waals surface area contributed by atoms with E-state index in [2.05, 4.69) is 14.9 Å². The van der Waals surface area contributed by atoms with E-state index in [1.165, 1.54) is 0 Å². The summed E-state index contributed by atoms with van der Waals surface area (Å²) in [6.45, 7) is 0.766. The van der Waals surface area contributed by atoms with Crippen LogP contribution in [0, 0.1) is 11.6 Å². The second-order valence-electron chi connectivity index (χ2n) is 6.63. The number of aryl methyl sites for hydroxylation is 1. The summed E-state index contributed by atoms with van der Waals surface area (Å²) in [6.07, 6.45) is 3.98. The predicted octanol–water partition coefficient (Wildman–Crippen LogP) is 3.75. The second kappa shape index (κ2) is 7.31. The summed E-state index contributed by atoms with van der Waals surface area (Å²) in [7, 11) is -4.11. The van der Waals surface area contributed by atoms with Crippen molar-refractivity contribution in [1.29, 1.82) is 0 Å². The zero-order valence-electron chi connectivity index (χ0n) is 14.9. The summed E-state index contributed by atoms with van der Waals surface area (Å²) in [5.41, 5.74) is 0.876. The van der Waals surface area contributed by atoms with E-state index >= 15 is 0 Å². The first-order valence-corrected chi connectivity index (χ1v) is 10.4. The van der Waals surface area contributed by atoms with Crippen molar-refractivity contribution in [3.63, 3.8) is 0 Å². The molecule has 1 N–H and O–H groups in total. The highest BCUT2D eigenvalue weighted by Crippen LogP contribution is 2.30. The molecule has 4 rings (SSSR count). The SMILES string of the molecule is O=S(=O)(Nc1ccccc1-c1nnc2n1CCCCC2)c1ccc(F)c(F)c1. The fourth-order valence-corrected chi connectivity index (χ4v) is 4.39. The molecule has 0 saturated heterocycles. The van der Waals surface area contributed by atoms with E-state index in [1.807, 2.05) is 4.57 Å². The number of para-hydroxylation sites is 1. The van der Waals surface area contributed by atoms with Crippen molar-refractivity contribution in [1.82, 2.24) is 14.8 Å². The third-order valence-corrected chi connectivity index (χ3v) is 6.09. The number of aromatic nitrogens is 3. The fraction of sp³-hybridized carbons (Fsp3) is 0.263. The topological polar surface area (TPSA) is 76.9 Å². The first-order valence-electron chi connectivity index (χ1n) is 8.95. The molecule has 1 aromatic heterocycles. The molecule has 0 spiro atoms. The van der Waals surface area contributed by atoms with Crippen molar-refractivity contribution in [2.75, 3.05) is 4.72 Å².